The summed E-state index contributed by atoms with van der Waals surface area (Å²) in [6, 6.07) is 17.9. The molecule has 0 fully saturated rings. The zero-order valence-corrected chi connectivity index (χ0v) is 20.4. The van der Waals surface area contributed by atoms with E-state index in [1.807, 2.05) is 24.3 Å². The minimum Gasteiger partial charge on any atom is -0.493 e. The fraction of sp³-hybridized carbons (Fsp3) is 0.231. The maximum atomic E-state index is 13.1. The molecule has 2 N–H and O–H groups in total. The SMILES string of the molecule is COc1ccc([C@H]2Nc3ccc(S(=O)(=O)Nc4ccc(Cl)cc4)cc3[C@H]3C=CC[C@H]32)cc1OC. The lowest BCUT2D eigenvalue weighted by Gasteiger charge is -2.38. The highest BCUT2D eigenvalue weighted by Gasteiger charge is 2.38. The average molecular weight is 497 g/mol. The maximum absolute atomic E-state index is 13.1. The maximum Gasteiger partial charge on any atom is 0.261 e. The van der Waals surface area contributed by atoms with E-state index in [-0.39, 0.29) is 22.8 Å². The summed E-state index contributed by atoms with van der Waals surface area (Å²) in [7, 11) is -0.494. The van der Waals surface area contributed by atoms with Crippen LogP contribution >= 0.6 is 11.6 Å². The van der Waals surface area contributed by atoms with Crippen LogP contribution in [0.25, 0.3) is 0 Å². The van der Waals surface area contributed by atoms with Crippen molar-refractivity contribution in [3.05, 3.63) is 89.0 Å². The fourth-order valence-electron chi connectivity index (χ4n) is 4.85. The van der Waals surface area contributed by atoms with Crippen LogP contribution in [0.1, 0.15) is 29.5 Å². The van der Waals surface area contributed by atoms with Crippen molar-refractivity contribution in [1.82, 2.24) is 0 Å². The molecule has 0 unspecified atom stereocenters. The van der Waals surface area contributed by atoms with Gasteiger partial charge in [0.15, 0.2) is 11.5 Å². The van der Waals surface area contributed by atoms with E-state index in [0.717, 1.165) is 23.2 Å². The van der Waals surface area contributed by atoms with Crippen molar-refractivity contribution in [3.8, 4) is 11.5 Å². The molecule has 0 aromatic heterocycles. The number of benzene rings is 3. The number of ether oxygens (including phenoxy) is 2. The van der Waals surface area contributed by atoms with Gasteiger partial charge >= 0.3 is 0 Å². The molecule has 3 aromatic rings. The number of fused-ring (bicyclic) bond motifs is 3. The lowest BCUT2D eigenvalue weighted by atomic mass is 9.77. The van der Waals surface area contributed by atoms with Crippen LogP contribution in [-0.4, -0.2) is 22.6 Å². The Morgan fingerprint density at radius 1 is 0.971 bits per heavy atom. The third-order valence-corrected chi connectivity index (χ3v) is 8.14. The number of hydrogen-bond donors (Lipinski definition) is 2. The molecule has 0 saturated heterocycles. The third kappa shape index (κ3) is 4.10. The first-order valence-electron chi connectivity index (χ1n) is 11.0. The number of halogens is 1. The molecule has 34 heavy (non-hydrogen) atoms. The van der Waals surface area contributed by atoms with Gasteiger partial charge in [0.25, 0.3) is 10.0 Å². The fourth-order valence-corrected chi connectivity index (χ4v) is 6.07. The van der Waals surface area contributed by atoms with Crippen molar-refractivity contribution in [2.75, 3.05) is 24.3 Å². The molecule has 8 heteroatoms. The second-order valence-electron chi connectivity index (χ2n) is 8.45. The van der Waals surface area contributed by atoms with Crippen molar-refractivity contribution < 1.29 is 17.9 Å². The van der Waals surface area contributed by atoms with Gasteiger partial charge in [-0.05, 0) is 78.1 Å². The van der Waals surface area contributed by atoms with E-state index < -0.39 is 10.0 Å². The van der Waals surface area contributed by atoms with Crippen LogP contribution in [0.15, 0.2) is 77.7 Å². The van der Waals surface area contributed by atoms with E-state index in [1.165, 1.54) is 0 Å². The molecule has 0 radical (unpaired) electrons. The second kappa shape index (κ2) is 8.89. The number of sulfonamides is 1. The Bertz CT molecular complexity index is 1360. The van der Waals surface area contributed by atoms with E-state index in [2.05, 4.69) is 22.2 Å². The quantitative estimate of drug-likeness (QED) is 0.410. The largest absolute Gasteiger partial charge is 0.493 e. The first-order chi connectivity index (χ1) is 16.4. The molecule has 176 valence electrons. The van der Waals surface area contributed by atoms with Gasteiger partial charge in [0.2, 0.25) is 0 Å². The molecule has 0 saturated carbocycles. The highest BCUT2D eigenvalue weighted by Crippen LogP contribution is 2.51. The second-order valence-corrected chi connectivity index (χ2v) is 10.6. The Hall–Kier alpha value is -3.16. The number of allylic oxidation sites excluding steroid dienone is 2. The van der Waals surface area contributed by atoms with Crippen molar-refractivity contribution in [2.45, 2.75) is 23.3 Å². The normalized spacial score (nSPS) is 20.7. The minimum absolute atomic E-state index is 0.0574. The summed E-state index contributed by atoms with van der Waals surface area (Å²) in [5.74, 6) is 1.74. The third-order valence-electron chi connectivity index (χ3n) is 6.51. The summed E-state index contributed by atoms with van der Waals surface area (Å²) in [5, 5.41) is 4.19. The van der Waals surface area contributed by atoms with Crippen molar-refractivity contribution in [1.29, 1.82) is 0 Å². The summed E-state index contributed by atoms with van der Waals surface area (Å²) in [6.07, 6.45) is 5.25. The van der Waals surface area contributed by atoms with Crippen LogP contribution in [0.3, 0.4) is 0 Å². The van der Waals surface area contributed by atoms with Crippen LogP contribution < -0.4 is 19.5 Å². The van der Waals surface area contributed by atoms with Crippen molar-refractivity contribution >= 4 is 33.0 Å². The average Bonchev–Trinajstić information content (AvgIpc) is 3.34. The Balaban J connectivity index is 1.47. The molecule has 0 amide bonds. The highest BCUT2D eigenvalue weighted by molar-refractivity contribution is 7.92. The molecule has 3 aromatic carbocycles. The van der Waals surface area contributed by atoms with Crippen LogP contribution in [0.5, 0.6) is 11.5 Å². The van der Waals surface area contributed by atoms with Crippen LogP contribution in [-0.2, 0) is 10.0 Å². The molecular formula is C26H25ClN2O4S. The topological polar surface area (TPSA) is 76.7 Å². The summed E-state index contributed by atoms with van der Waals surface area (Å²) >= 11 is 5.92. The van der Waals surface area contributed by atoms with Gasteiger partial charge in [0, 0.05) is 22.3 Å². The molecule has 0 bridgehead atoms. The number of rotatable bonds is 6. The minimum atomic E-state index is -3.75. The number of methoxy groups -OCH3 is 2. The van der Waals surface area contributed by atoms with Crippen LogP contribution in [0.2, 0.25) is 5.02 Å². The summed E-state index contributed by atoms with van der Waals surface area (Å²) in [4.78, 5) is 0.228. The van der Waals surface area contributed by atoms with E-state index in [4.69, 9.17) is 21.1 Å². The van der Waals surface area contributed by atoms with E-state index >= 15 is 0 Å². The van der Waals surface area contributed by atoms with Gasteiger partial charge < -0.3 is 14.8 Å². The standard InChI is InChI=1S/C26H25ClN2O4S/c1-32-24-13-6-16(14-25(24)33-2)26-21-5-3-4-20(21)22-15-19(11-12-23(22)28-26)34(30,31)29-18-9-7-17(27)8-10-18/h3-4,6-15,20-21,26,28-29H,5H2,1-2H3/t20-,21+,26+/m0/s1. The molecule has 6 nitrogen and oxygen atoms in total. The van der Waals surface area contributed by atoms with Crippen molar-refractivity contribution in [2.24, 2.45) is 5.92 Å². The summed E-state index contributed by atoms with van der Waals surface area (Å²) in [6.45, 7) is 0. The van der Waals surface area contributed by atoms with E-state index in [0.29, 0.717) is 22.2 Å². The van der Waals surface area contributed by atoms with Gasteiger partial charge in [-0.2, -0.15) is 0 Å². The molecule has 3 atom stereocenters. The summed E-state index contributed by atoms with van der Waals surface area (Å²) < 4.78 is 39.7. The lowest BCUT2D eigenvalue weighted by Crippen LogP contribution is -2.29. The lowest BCUT2D eigenvalue weighted by molar-refractivity contribution is 0.353. The van der Waals surface area contributed by atoms with Crippen LogP contribution in [0, 0.1) is 5.92 Å². The highest BCUT2D eigenvalue weighted by atomic mass is 35.5. The van der Waals surface area contributed by atoms with Crippen molar-refractivity contribution in [3.63, 3.8) is 0 Å². The van der Waals surface area contributed by atoms with E-state index in [9.17, 15) is 8.42 Å². The number of hydrogen-bond acceptors (Lipinski definition) is 5. The Labute approximate surface area is 204 Å². The molecule has 5 rings (SSSR count). The predicted molar refractivity (Wildman–Crippen MR) is 135 cm³/mol. The zero-order chi connectivity index (χ0) is 23.9. The number of anilines is 2. The monoisotopic (exact) mass is 496 g/mol. The molecule has 1 aliphatic carbocycles. The van der Waals surface area contributed by atoms with Gasteiger partial charge in [-0.25, -0.2) is 8.42 Å². The first-order valence-corrected chi connectivity index (χ1v) is 12.8. The smallest absolute Gasteiger partial charge is 0.261 e. The van der Waals surface area contributed by atoms with Gasteiger partial charge in [-0.3, -0.25) is 4.72 Å². The Morgan fingerprint density at radius 2 is 1.74 bits per heavy atom. The molecule has 2 aliphatic rings. The van der Waals surface area contributed by atoms with Gasteiger partial charge in [-0.15, -0.1) is 0 Å². The molecule has 0 spiro atoms. The Morgan fingerprint density at radius 3 is 2.47 bits per heavy atom. The summed E-state index contributed by atoms with van der Waals surface area (Å²) in [5.41, 5.74) is 3.47. The Kier molecular flexibility index (Phi) is 5.91. The zero-order valence-electron chi connectivity index (χ0n) is 18.8. The molecule has 1 heterocycles. The van der Waals surface area contributed by atoms with E-state index in [1.54, 1.807) is 50.6 Å². The van der Waals surface area contributed by atoms with Crippen LogP contribution in [0.4, 0.5) is 11.4 Å². The first kappa shape index (κ1) is 22.6. The number of nitrogens with one attached hydrogen (secondary N) is 2. The molecule has 1 aliphatic heterocycles. The van der Waals surface area contributed by atoms with Gasteiger partial charge in [0.05, 0.1) is 25.2 Å². The van der Waals surface area contributed by atoms with Gasteiger partial charge in [-0.1, -0.05) is 29.8 Å². The van der Waals surface area contributed by atoms with Gasteiger partial charge in [0.1, 0.15) is 0 Å². The molecular weight excluding hydrogens is 472 g/mol. The predicted octanol–water partition coefficient (Wildman–Crippen LogP) is 5.98.